The second kappa shape index (κ2) is 11.5. The number of carbonyl (C=O) groups excluding carboxylic acids is 1. The van der Waals surface area contributed by atoms with Crippen LogP contribution in [0, 0.1) is 0 Å². The summed E-state index contributed by atoms with van der Waals surface area (Å²) in [6.45, 7) is 1.47. The maximum Gasteiger partial charge on any atom is 0.251 e. The fourth-order valence-electron chi connectivity index (χ4n) is 2.29. The number of nitrogens with one attached hydrogen (secondary N) is 3. The van der Waals surface area contributed by atoms with Crippen molar-refractivity contribution in [3.05, 3.63) is 71.3 Å². The number of halogens is 1. The summed E-state index contributed by atoms with van der Waals surface area (Å²) in [5.74, 6) is 0.689. The SMILES string of the molecule is CN=C(NCCc1ccccc1)NCc1ccc(C(=O)NC)cc1.I. The van der Waals surface area contributed by atoms with E-state index >= 15 is 0 Å². The van der Waals surface area contributed by atoms with Crippen LogP contribution in [-0.4, -0.2) is 32.5 Å². The van der Waals surface area contributed by atoms with Gasteiger partial charge in [0.15, 0.2) is 5.96 Å². The molecular formula is C19H25IN4O. The van der Waals surface area contributed by atoms with Crippen LogP contribution in [0.5, 0.6) is 0 Å². The Morgan fingerprint density at radius 1 is 0.960 bits per heavy atom. The monoisotopic (exact) mass is 452 g/mol. The van der Waals surface area contributed by atoms with Crippen molar-refractivity contribution in [2.45, 2.75) is 13.0 Å². The molecule has 0 aromatic heterocycles. The minimum Gasteiger partial charge on any atom is -0.356 e. The van der Waals surface area contributed by atoms with Gasteiger partial charge >= 0.3 is 0 Å². The standard InChI is InChI=1S/C19H24N4O.HI/c1-20-18(24)17-10-8-16(9-11-17)14-23-19(21-2)22-13-12-15-6-4-3-5-7-15;/h3-11H,12-14H2,1-2H3,(H,20,24)(H2,21,22,23);1H. The second-order valence-corrected chi connectivity index (χ2v) is 5.36. The van der Waals surface area contributed by atoms with Gasteiger partial charge in [-0.1, -0.05) is 42.5 Å². The molecule has 134 valence electrons. The molecule has 0 saturated carbocycles. The lowest BCUT2D eigenvalue weighted by atomic mass is 10.1. The van der Waals surface area contributed by atoms with Gasteiger partial charge in [-0.3, -0.25) is 9.79 Å². The number of aliphatic imine (C=N–C) groups is 1. The van der Waals surface area contributed by atoms with Crippen molar-refractivity contribution >= 4 is 35.8 Å². The van der Waals surface area contributed by atoms with Crippen molar-refractivity contribution in [1.29, 1.82) is 0 Å². The molecule has 2 rings (SSSR count). The van der Waals surface area contributed by atoms with Gasteiger partial charge in [-0.15, -0.1) is 24.0 Å². The van der Waals surface area contributed by atoms with Crippen molar-refractivity contribution in [1.82, 2.24) is 16.0 Å². The molecule has 0 aliphatic carbocycles. The van der Waals surface area contributed by atoms with Crippen LogP contribution < -0.4 is 16.0 Å². The first kappa shape index (κ1) is 21.0. The molecule has 2 aromatic carbocycles. The molecule has 0 saturated heterocycles. The van der Waals surface area contributed by atoms with Gasteiger partial charge in [0, 0.05) is 32.7 Å². The Labute approximate surface area is 166 Å². The predicted molar refractivity (Wildman–Crippen MR) is 114 cm³/mol. The lowest BCUT2D eigenvalue weighted by molar-refractivity contribution is 0.0963. The third-order valence-corrected chi connectivity index (χ3v) is 3.68. The molecule has 0 spiro atoms. The van der Waals surface area contributed by atoms with E-state index in [1.165, 1.54) is 5.56 Å². The number of guanidine groups is 1. The molecule has 0 heterocycles. The van der Waals surface area contributed by atoms with E-state index in [1.807, 2.05) is 42.5 Å². The summed E-state index contributed by atoms with van der Waals surface area (Å²) < 4.78 is 0. The van der Waals surface area contributed by atoms with Crippen LogP contribution in [0.25, 0.3) is 0 Å². The molecule has 0 bridgehead atoms. The third-order valence-electron chi connectivity index (χ3n) is 3.68. The first-order valence-electron chi connectivity index (χ1n) is 8.02. The summed E-state index contributed by atoms with van der Waals surface area (Å²) >= 11 is 0. The minimum absolute atomic E-state index is 0. The van der Waals surface area contributed by atoms with Gasteiger partial charge in [0.2, 0.25) is 0 Å². The third kappa shape index (κ3) is 7.13. The number of hydrogen-bond donors (Lipinski definition) is 3. The van der Waals surface area contributed by atoms with E-state index in [0.717, 1.165) is 24.5 Å². The van der Waals surface area contributed by atoms with E-state index in [-0.39, 0.29) is 29.9 Å². The molecule has 2 aromatic rings. The molecule has 5 nitrogen and oxygen atoms in total. The Kier molecular flexibility index (Phi) is 9.61. The number of nitrogens with zero attached hydrogens (tertiary/aromatic N) is 1. The summed E-state index contributed by atoms with van der Waals surface area (Å²) in [4.78, 5) is 15.7. The number of benzene rings is 2. The highest BCUT2D eigenvalue weighted by Crippen LogP contribution is 2.04. The first-order valence-corrected chi connectivity index (χ1v) is 8.02. The zero-order chi connectivity index (χ0) is 17.2. The molecule has 0 atom stereocenters. The van der Waals surface area contributed by atoms with Crippen molar-refractivity contribution in [3.63, 3.8) is 0 Å². The van der Waals surface area contributed by atoms with E-state index in [0.29, 0.717) is 12.1 Å². The summed E-state index contributed by atoms with van der Waals surface area (Å²) in [6.07, 6.45) is 0.947. The summed E-state index contributed by atoms with van der Waals surface area (Å²) in [6, 6.07) is 17.9. The highest BCUT2D eigenvalue weighted by atomic mass is 127. The molecule has 0 unspecified atom stereocenters. The van der Waals surface area contributed by atoms with Gasteiger partial charge < -0.3 is 16.0 Å². The Hall–Kier alpha value is -2.09. The van der Waals surface area contributed by atoms with Crippen molar-refractivity contribution in [2.75, 3.05) is 20.6 Å². The molecular weight excluding hydrogens is 427 g/mol. The van der Waals surface area contributed by atoms with Crippen LogP contribution in [0.3, 0.4) is 0 Å². The van der Waals surface area contributed by atoms with Crippen molar-refractivity contribution in [3.8, 4) is 0 Å². The van der Waals surface area contributed by atoms with Crippen molar-refractivity contribution in [2.24, 2.45) is 4.99 Å². The van der Waals surface area contributed by atoms with Gasteiger partial charge in [0.25, 0.3) is 5.91 Å². The Balaban J connectivity index is 0.00000312. The van der Waals surface area contributed by atoms with Gasteiger partial charge in [0.1, 0.15) is 0 Å². The van der Waals surface area contributed by atoms with Crippen LogP contribution in [0.15, 0.2) is 59.6 Å². The van der Waals surface area contributed by atoms with Gasteiger partial charge in [-0.25, -0.2) is 0 Å². The lowest BCUT2D eigenvalue weighted by Gasteiger charge is -2.12. The highest BCUT2D eigenvalue weighted by molar-refractivity contribution is 14.0. The maximum absolute atomic E-state index is 11.5. The van der Waals surface area contributed by atoms with Crippen LogP contribution in [-0.2, 0) is 13.0 Å². The summed E-state index contributed by atoms with van der Waals surface area (Å²) in [5, 5.41) is 9.19. The number of hydrogen-bond acceptors (Lipinski definition) is 2. The van der Waals surface area contributed by atoms with Crippen LogP contribution >= 0.6 is 24.0 Å². The molecule has 0 aliphatic heterocycles. The van der Waals surface area contributed by atoms with Crippen LogP contribution in [0.4, 0.5) is 0 Å². The number of rotatable bonds is 6. The normalized spacial score (nSPS) is 10.6. The molecule has 0 radical (unpaired) electrons. The quantitative estimate of drug-likeness (QED) is 0.359. The number of amides is 1. The predicted octanol–water partition coefficient (Wildman–Crippen LogP) is 2.57. The summed E-state index contributed by atoms with van der Waals surface area (Å²) in [5.41, 5.74) is 3.05. The number of carbonyl (C=O) groups is 1. The molecule has 6 heteroatoms. The van der Waals surface area contributed by atoms with E-state index < -0.39 is 0 Å². The van der Waals surface area contributed by atoms with E-state index in [9.17, 15) is 4.79 Å². The van der Waals surface area contributed by atoms with Gasteiger partial charge in [-0.05, 0) is 29.7 Å². The summed E-state index contributed by atoms with van der Waals surface area (Å²) in [7, 11) is 3.38. The minimum atomic E-state index is -0.0760. The molecule has 25 heavy (non-hydrogen) atoms. The highest BCUT2D eigenvalue weighted by Gasteiger charge is 2.03. The second-order valence-electron chi connectivity index (χ2n) is 5.36. The fraction of sp³-hybridized carbons (Fsp3) is 0.263. The molecule has 0 fully saturated rings. The average Bonchev–Trinajstić information content (AvgIpc) is 2.65. The van der Waals surface area contributed by atoms with E-state index in [1.54, 1.807) is 14.1 Å². The van der Waals surface area contributed by atoms with Gasteiger partial charge in [0.05, 0.1) is 0 Å². The molecule has 1 amide bonds. The topological polar surface area (TPSA) is 65.5 Å². The Bertz CT molecular complexity index is 672. The van der Waals surface area contributed by atoms with E-state index in [4.69, 9.17) is 0 Å². The van der Waals surface area contributed by atoms with E-state index in [2.05, 4.69) is 33.1 Å². The van der Waals surface area contributed by atoms with Crippen LogP contribution in [0.2, 0.25) is 0 Å². The Morgan fingerprint density at radius 3 is 2.24 bits per heavy atom. The first-order chi connectivity index (χ1) is 11.7. The average molecular weight is 452 g/mol. The fourth-order valence-corrected chi connectivity index (χ4v) is 2.29. The largest absolute Gasteiger partial charge is 0.356 e. The maximum atomic E-state index is 11.5. The molecule has 3 N–H and O–H groups in total. The smallest absolute Gasteiger partial charge is 0.251 e. The lowest BCUT2D eigenvalue weighted by Crippen LogP contribution is -2.37. The Morgan fingerprint density at radius 2 is 1.64 bits per heavy atom. The zero-order valence-corrected chi connectivity index (χ0v) is 16.9. The zero-order valence-electron chi connectivity index (χ0n) is 14.6. The molecule has 0 aliphatic rings. The van der Waals surface area contributed by atoms with Gasteiger partial charge in [-0.2, -0.15) is 0 Å². The van der Waals surface area contributed by atoms with Crippen LogP contribution in [0.1, 0.15) is 21.5 Å². The van der Waals surface area contributed by atoms with Crippen molar-refractivity contribution < 1.29 is 4.79 Å².